The topological polar surface area (TPSA) is 69.4 Å². The van der Waals surface area contributed by atoms with E-state index < -0.39 is 0 Å². The number of ether oxygens (including phenoxy) is 2. The van der Waals surface area contributed by atoms with Crippen molar-refractivity contribution < 1.29 is 9.47 Å². The van der Waals surface area contributed by atoms with E-state index in [0.717, 1.165) is 18.7 Å². The molecule has 3 N–H and O–H groups in total. The Kier molecular flexibility index (Phi) is 3.26. The van der Waals surface area contributed by atoms with Gasteiger partial charge in [-0.3, -0.25) is 4.98 Å². The van der Waals surface area contributed by atoms with E-state index in [-0.39, 0.29) is 5.60 Å². The molecule has 0 saturated carbocycles. The van der Waals surface area contributed by atoms with Crippen molar-refractivity contribution in [2.75, 3.05) is 37.9 Å². The highest BCUT2D eigenvalue weighted by atomic mass is 16.5. The van der Waals surface area contributed by atoms with E-state index >= 15 is 0 Å². The lowest BCUT2D eigenvalue weighted by Crippen LogP contribution is -2.39. The van der Waals surface area contributed by atoms with Gasteiger partial charge in [0.2, 0.25) is 0 Å². The first-order chi connectivity index (χ1) is 7.74. The fourth-order valence-corrected chi connectivity index (χ4v) is 1.78. The molecule has 0 bridgehead atoms. The molecule has 0 amide bonds. The summed E-state index contributed by atoms with van der Waals surface area (Å²) in [7, 11) is 1.72. The summed E-state index contributed by atoms with van der Waals surface area (Å²) in [6, 6.07) is 1.85. The fourth-order valence-electron chi connectivity index (χ4n) is 1.78. The van der Waals surface area contributed by atoms with Gasteiger partial charge >= 0.3 is 0 Å². The van der Waals surface area contributed by atoms with Crippen LogP contribution in [0, 0.1) is 0 Å². The maximum absolute atomic E-state index is 5.65. The van der Waals surface area contributed by atoms with Gasteiger partial charge in [-0.25, -0.2) is 0 Å². The summed E-state index contributed by atoms with van der Waals surface area (Å²) >= 11 is 0. The largest absolute Gasteiger partial charge is 0.397 e. The molecule has 1 aliphatic rings. The third-order valence-corrected chi connectivity index (χ3v) is 2.87. The molecule has 16 heavy (non-hydrogen) atoms. The second-order valence-corrected chi connectivity index (χ2v) is 4.05. The second-order valence-electron chi connectivity index (χ2n) is 4.05. The molecule has 1 fully saturated rings. The van der Waals surface area contributed by atoms with Crippen LogP contribution in [0.2, 0.25) is 0 Å². The summed E-state index contributed by atoms with van der Waals surface area (Å²) in [6.45, 7) is 2.09. The van der Waals surface area contributed by atoms with Gasteiger partial charge in [0.15, 0.2) is 0 Å². The Morgan fingerprint density at radius 2 is 2.50 bits per heavy atom. The van der Waals surface area contributed by atoms with Crippen LogP contribution in [0.3, 0.4) is 0 Å². The first kappa shape index (κ1) is 11.2. The lowest BCUT2D eigenvalue weighted by atomic mass is 10.0. The Labute approximate surface area is 95.0 Å². The van der Waals surface area contributed by atoms with E-state index in [4.69, 9.17) is 15.2 Å². The molecule has 1 unspecified atom stereocenters. The summed E-state index contributed by atoms with van der Waals surface area (Å²) in [4.78, 5) is 4.02. The number of nitrogens with zero attached hydrogens (tertiary/aromatic N) is 1. The summed E-state index contributed by atoms with van der Waals surface area (Å²) < 4.78 is 10.9. The Morgan fingerprint density at radius 1 is 1.62 bits per heavy atom. The molecule has 0 radical (unpaired) electrons. The second kappa shape index (κ2) is 4.67. The van der Waals surface area contributed by atoms with Gasteiger partial charge in [0.05, 0.1) is 24.2 Å². The quantitative estimate of drug-likeness (QED) is 0.793. The number of aromatic nitrogens is 1. The minimum Gasteiger partial charge on any atom is -0.397 e. The lowest BCUT2D eigenvalue weighted by Gasteiger charge is -2.26. The van der Waals surface area contributed by atoms with Gasteiger partial charge in [0.1, 0.15) is 5.60 Å². The Hall–Kier alpha value is -1.33. The smallest absolute Gasteiger partial charge is 0.110 e. The van der Waals surface area contributed by atoms with Crippen molar-refractivity contribution in [2.45, 2.75) is 12.0 Å². The molecule has 1 atom stereocenters. The summed E-state index contributed by atoms with van der Waals surface area (Å²) in [6.07, 6.45) is 4.28. The molecule has 1 aromatic rings. The van der Waals surface area contributed by atoms with Gasteiger partial charge in [-0.15, -0.1) is 0 Å². The molecule has 1 aliphatic heterocycles. The zero-order valence-electron chi connectivity index (χ0n) is 9.40. The molecular weight excluding hydrogens is 206 g/mol. The van der Waals surface area contributed by atoms with Gasteiger partial charge in [0, 0.05) is 32.9 Å². The van der Waals surface area contributed by atoms with Gasteiger partial charge < -0.3 is 20.5 Å². The summed E-state index contributed by atoms with van der Waals surface area (Å²) in [5, 5.41) is 3.27. The molecule has 1 aromatic heterocycles. The third-order valence-electron chi connectivity index (χ3n) is 2.87. The van der Waals surface area contributed by atoms with Crippen LogP contribution in [0.15, 0.2) is 18.5 Å². The molecule has 88 valence electrons. The van der Waals surface area contributed by atoms with Crippen molar-refractivity contribution in [3.05, 3.63) is 18.5 Å². The van der Waals surface area contributed by atoms with Gasteiger partial charge in [0.25, 0.3) is 0 Å². The van der Waals surface area contributed by atoms with Crippen LogP contribution < -0.4 is 11.1 Å². The Balaban J connectivity index is 1.95. The number of rotatable bonds is 4. The van der Waals surface area contributed by atoms with Crippen LogP contribution in [0.25, 0.3) is 0 Å². The van der Waals surface area contributed by atoms with Crippen LogP contribution in [-0.2, 0) is 9.47 Å². The first-order valence-electron chi connectivity index (χ1n) is 5.31. The van der Waals surface area contributed by atoms with E-state index in [9.17, 15) is 0 Å². The molecule has 0 spiro atoms. The van der Waals surface area contributed by atoms with E-state index in [0.29, 0.717) is 18.8 Å². The standard InChI is InChI=1S/C11H17N3O2/c1-15-11(2-3-16-8-11)7-14-10-4-9(12)5-13-6-10/h4-6,14H,2-3,7-8,12H2,1H3. The average molecular weight is 223 g/mol. The number of nitrogens with two attached hydrogens (primary N) is 1. The van der Waals surface area contributed by atoms with Crippen molar-refractivity contribution in [1.82, 2.24) is 4.98 Å². The zero-order valence-corrected chi connectivity index (χ0v) is 9.40. The first-order valence-corrected chi connectivity index (χ1v) is 5.31. The van der Waals surface area contributed by atoms with E-state index in [2.05, 4.69) is 10.3 Å². The summed E-state index contributed by atoms with van der Waals surface area (Å²) in [5.74, 6) is 0. The number of anilines is 2. The van der Waals surface area contributed by atoms with E-state index in [1.54, 1.807) is 19.5 Å². The van der Waals surface area contributed by atoms with E-state index in [1.807, 2.05) is 6.07 Å². The van der Waals surface area contributed by atoms with Crippen LogP contribution in [-0.4, -0.2) is 37.5 Å². The van der Waals surface area contributed by atoms with Gasteiger partial charge in [-0.1, -0.05) is 0 Å². The summed E-state index contributed by atoms with van der Waals surface area (Å²) in [5.41, 5.74) is 6.99. The maximum atomic E-state index is 5.65. The number of hydrogen-bond acceptors (Lipinski definition) is 5. The predicted molar refractivity (Wildman–Crippen MR) is 62.3 cm³/mol. The van der Waals surface area contributed by atoms with Crippen LogP contribution >= 0.6 is 0 Å². The molecular formula is C11H17N3O2. The maximum Gasteiger partial charge on any atom is 0.110 e. The molecule has 2 rings (SSSR count). The number of nitrogen functional groups attached to an aromatic ring is 1. The van der Waals surface area contributed by atoms with Crippen LogP contribution in [0.4, 0.5) is 11.4 Å². The number of nitrogens with one attached hydrogen (secondary N) is 1. The monoisotopic (exact) mass is 223 g/mol. The van der Waals surface area contributed by atoms with Gasteiger partial charge in [-0.05, 0) is 6.07 Å². The zero-order chi connectivity index (χ0) is 11.4. The SMILES string of the molecule is COC1(CNc2cncc(N)c2)CCOC1. The molecule has 1 saturated heterocycles. The van der Waals surface area contributed by atoms with Crippen molar-refractivity contribution in [3.8, 4) is 0 Å². The fraction of sp³-hybridized carbons (Fsp3) is 0.545. The molecule has 5 nitrogen and oxygen atoms in total. The highest BCUT2D eigenvalue weighted by Gasteiger charge is 2.34. The van der Waals surface area contributed by atoms with Crippen LogP contribution in [0.5, 0.6) is 0 Å². The van der Waals surface area contributed by atoms with Crippen molar-refractivity contribution >= 4 is 11.4 Å². The number of methoxy groups -OCH3 is 1. The van der Waals surface area contributed by atoms with Crippen molar-refractivity contribution in [3.63, 3.8) is 0 Å². The normalized spacial score (nSPS) is 24.6. The lowest BCUT2D eigenvalue weighted by molar-refractivity contribution is -0.00620. The number of pyridine rings is 1. The highest BCUT2D eigenvalue weighted by Crippen LogP contribution is 2.23. The van der Waals surface area contributed by atoms with E-state index in [1.165, 1.54) is 0 Å². The molecule has 0 aliphatic carbocycles. The Bertz CT molecular complexity index is 351. The van der Waals surface area contributed by atoms with Gasteiger partial charge in [-0.2, -0.15) is 0 Å². The van der Waals surface area contributed by atoms with Crippen molar-refractivity contribution in [1.29, 1.82) is 0 Å². The molecule has 2 heterocycles. The number of hydrogen-bond donors (Lipinski definition) is 2. The highest BCUT2D eigenvalue weighted by molar-refractivity contribution is 5.51. The van der Waals surface area contributed by atoms with Crippen molar-refractivity contribution in [2.24, 2.45) is 0 Å². The average Bonchev–Trinajstić information content (AvgIpc) is 2.76. The molecule has 5 heteroatoms. The minimum absolute atomic E-state index is 0.218. The third kappa shape index (κ3) is 2.43. The molecule has 0 aromatic carbocycles. The Morgan fingerprint density at radius 3 is 3.12 bits per heavy atom. The predicted octanol–water partition coefficient (Wildman–Crippen LogP) is 0.881. The van der Waals surface area contributed by atoms with Crippen LogP contribution in [0.1, 0.15) is 6.42 Å². The minimum atomic E-state index is -0.218.